The van der Waals surface area contributed by atoms with Gasteiger partial charge in [0.2, 0.25) is 0 Å². The Balaban J connectivity index is 2.33. The van der Waals surface area contributed by atoms with Gasteiger partial charge in [0.15, 0.2) is 0 Å². The number of aliphatic imine (C=N–C) groups is 1. The van der Waals surface area contributed by atoms with E-state index < -0.39 is 0 Å². The van der Waals surface area contributed by atoms with E-state index in [2.05, 4.69) is 4.99 Å². The van der Waals surface area contributed by atoms with Crippen LogP contribution < -0.4 is 5.73 Å². The third-order valence-corrected chi connectivity index (χ3v) is 3.43. The number of nitrogens with two attached hydrogens (primary N) is 1. The molecule has 3 nitrogen and oxygen atoms in total. The van der Waals surface area contributed by atoms with Gasteiger partial charge < -0.3 is 10.3 Å². The summed E-state index contributed by atoms with van der Waals surface area (Å²) in [5.74, 6) is 0.219. The fourth-order valence-electron chi connectivity index (χ4n) is 1.95. The van der Waals surface area contributed by atoms with Gasteiger partial charge in [0.05, 0.1) is 5.69 Å². The maximum absolute atomic E-state index is 13.5. The number of rotatable bonds is 3. The van der Waals surface area contributed by atoms with Crippen LogP contribution >= 0.6 is 22.6 Å². The van der Waals surface area contributed by atoms with E-state index in [1.165, 1.54) is 6.07 Å². The highest BCUT2D eigenvalue weighted by Crippen LogP contribution is 2.19. The van der Waals surface area contributed by atoms with E-state index in [4.69, 9.17) is 5.73 Å². The zero-order valence-electron chi connectivity index (χ0n) is 11.3. The highest BCUT2D eigenvalue weighted by Gasteiger charge is 2.04. The van der Waals surface area contributed by atoms with Crippen molar-refractivity contribution in [3.05, 3.63) is 59.7 Å². The van der Waals surface area contributed by atoms with E-state index in [9.17, 15) is 4.39 Å². The minimum Gasteiger partial charge on any atom is -0.385 e. The minimum atomic E-state index is -0.345. The van der Waals surface area contributed by atoms with Crippen molar-refractivity contribution in [2.45, 2.75) is 13.8 Å². The summed E-state index contributed by atoms with van der Waals surface area (Å²) in [6.45, 7) is 3.96. The molecule has 2 rings (SSSR count). The van der Waals surface area contributed by atoms with Crippen LogP contribution in [0.5, 0.6) is 0 Å². The van der Waals surface area contributed by atoms with E-state index in [-0.39, 0.29) is 5.82 Å². The molecule has 0 bridgehead atoms. The average molecular weight is 383 g/mol. The monoisotopic (exact) mass is 383 g/mol. The van der Waals surface area contributed by atoms with Crippen LogP contribution in [0.25, 0.3) is 5.82 Å². The molecule has 20 heavy (non-hydrogen) atoms. The Labute approximate surface area is 131 Å². The number of nitrogens with zero attached hydrogens (tertiary/aromatic N) is 2. The van der Waals surface area contributed by atoms with Crippen molar-refractivity contribution < 1.29 is 4.39 Å². The molecule has 1 aromatic carbocycles. The number of para-hydroxylation sites is 1. The van der Waals surface area contributed by atoms with E-state index in [0.717, 1.165) is 11.4 Å². The van der Waals surface area contributed by atoms with Gasteiger partial charge in [-0.2, -0.15) is 0 Å². The van der Waals surface area contributed by atoms with E-state index in [0.29, 0.717) is 15.2 Å². The van der Waals surface area contributed by atoms with Crippen LogP contribution in [0.15, 0.2) is 47.5 Å². The third-order valence-electron chi connectivity index (χ3n) is 2.88. The molecule has 0 aliphatic carbocycles. The largest absolute Gasteiger partial charge is 0.385 e. The van der Waals surface area contributed by atoms with Crippen molar-refractivity contribution in [3.63, 3.8) is 0 Å². The fraction of sp³-hybridized carbons (Fsp3) is 0.133. The first-order valence-corrected chi connectivity index (χ1v) is 7.18. The maximum Gasteiger partial charge on any atom is 0.148 e. The summed E-state index contributed by atoms with van der Waals surface area (Å²) in [4.78, 5) is 4.23. The Kier molecular flexibility index (Phi) is 4.59. The van der Waals surface area contributed by atoms with Gasteiger partial charge in [-0.15, -0.1) is 0 Å². The summed E-state index contributed by atoms with van der Waals surface area (Å²) in [5.41, 5.74) is 8.48. The first-order valence-electron chi connectivity index (χ1n) is 6.10. The Morgan fingerprint density at radius 2 is 1.80 bits per heavy atom. The molecule has 0 atom stereocenters. The van der Waals surface area contributed by atoms with Crippen molar-refractivity contribution in [3.8, 4) is 0 Å². The smallest absolute Gasteiger partial charge is 0.148 e. The van der Waals surface area contributed by atoms with Crippen molar-refractivity contribution in [2.75, 3.05) is 0 Å². The molecule has 0 aliphatic rings. The Morgan fingerprint density at radius 3 is 2.40 bits per heavy atom. The minimum absolute atomic E-state index is 0.307. The molecule has 0 spiro atoms. The number of hydrogen-bond acceptors (Lipinski definition) is 2. The van der Waals surface area contributed by atoms with Gasteiger partial charge in [0.1, 0.15) is 15.4 Å². The van der Waals surface area contributed by atoms with Crippen molar-refractivity contribution >= 4 is 37.8 Å². The zero-order chi connectivity index (χ0) is 14.7. The van der Waals surface area contributed by atoms with E-state index in [1.807, 2.05) is 53.1 Å². The van der Waals surface area contributed by atoms with Gasteiger partial charge in [-0.3, -0.25) is 0 Å². The maximum atomic E-state index is 13.5. The van der Waals surface area contributed by atoms with Gasteiger partial charge >= 0.3 is 0 Å². The number of benzene rings is 1. The van der Waals surface area contributed by atoms with Crippen LogP contribution in [-0.4, -0.2) is 8.29 Å². The fourth-order valence-corrected chi connectivity index (χ4v) is 2.53. The Morgan fingerprint density at radius 1 is 1.20 bits per heavy atom. The van der Waals surface area contributed by atoms with Gasteiger partial charge in [-0.1, -0.05) is 12.1 Å². The molecule has 5 heteroatoms. The first-order chi connectivity index (χ1) is 9.49. The summed E-state index contributed by atoms with van der Waals surface area (Å²) < 4.78 is 16.1. The summed E-state index contributed by atoms with van der Waals surface area (Å²) in [6.07, 6.45) is 1.73. The molecule has 104 valence electrons. The average Bonchev–Trinajstić information content (AvgIpc) is 2.72. The second kappa shape index (κ2) is 6.21. The molecule has 1 heterocycles. The summed E-state index contributed by atoms with van der Waals surface area (Å²) in [6, 6.07) is 10.4. The third kappa shape index (κ3) is 3.27. The van der Waals surface area contributed by atoms with Crippen molar-refractivity contribution in [1.82, 2.24) is 4.57 Å². The summed E-state index contributed by atoms with van der Waals surface area (Å²) in [5, 5.41) is 0. The predicted octanol–water partition coefficient (Wildman–Crippen LogP) is 4.17. The highest BCUT2D eigenvalue weighted by molar-refractivity contribution is 14.1. The van der Waals surface area contributed by atoms with Crippen molar-refractivity contribution in [1.29, 1.82) is 0 Å². The van der Waals surface area contributed by atoms with Crippen LogP contribution in [0.2, 0.25) is 0 Å². The van der Waals surface area contributed by atoms with Crippen LogP contribution in [-0.2, 0) is 0 Å². The molecule has 0 radical (unpaired) electrons. The second-order valence-electron chi connectivity index (χ2n) is 4.41. The molecular formula is C15H15FIN3. The molecule has 0 fully saturated rings. The van der Waals surface area contributed by atoms with Gasteiger partial charge in [-0.25, -0.2) is 9.38 Å². The van der Waals surface area contributed by atoms with Crippen LogP contribution in [0.4, 0.5) is 10.1 Å². The number of halogens is 2. The molecular weight excluding hydrogens is 368 g/mol. The molecule has 0 amide bonds. The lowest BCUT2D eigenvalue weighted by Gasteiger charge is -2.08. The number of allylic oxidation sites excluding steroid dienone is 1. The molecule has 0 saturated heterocycles. The number of hydrogen-bond donors (Lipinski definition) is 1. The molecule has 2 N–H and O–H groups in total. The van der Waals surface area contributed by atoms with Gasteiger partial charge in [-0.05, 0) is 60.7 Å². The van der Waals surface area contributed by atoms with Crippen LogP contribution in [0.3, 0.4) is 0 Å². The van der Waals surface area contributed by atoms with E-state index >= 15 is 0 Å². The quantitative estimate of drug-likeness (QED) is 0.628. The zero-order valence-corrected chi connectivity index (χ0v) is 13.4. The second-order valence-corrected chi connectivity index (χ2v) is 5.51. The SMILES string of the molecule is Cc1ccc(C)n1C(N)=CC(I)=Nc1ccccc1F. The molecule has 0 unspecified atom stereocenters. The van der Waals surface area contributed by atoms with Crippen molar-refractivity contribution in [2.24, 2.45) is 10.7 Å². The van der Waals surface area contributed by atoms with Gasteiger partial charge in [0.25, 0.3) is 0 Å². The lowest BCUT2D eigenvalue weighted by Crippen LogP contribution is -2.10. The molecule has 0 saturated carbocycles. The Bertz CT molecular complexity index is 667. The Hall–Kier alpha value is -1.63. The summed E-state index contributed by atoms with van der Waals surface area (Å²) >= 11 is 2.04. The highest BCUT2D eigenvalue weighted by atomic mass is 127. The van der Waals surface area contributed by atoms with E-state index in [1.54, 1.807) is 24.3 Å². The van der Waals surface area contributed by atoms with Crippen LogP contribution in [0, 0.1) is 19.7 Å². The number of aryl methyl sites for hydroxylation is 2. The topological polar surface area (TPSA) is 43.3 Å². The summed E-state index contributed by atoms with van der Waals surface area (Å²) in [7, 11) is 0. The molecule has 0 aliphatic heterocycles. The lowest BCUT2D eigenvalue weighted by atomic mass is 10.3. The molecule has 1 aromatic heterocycles. The first kappa shape index (κ1) is 14.8. The number of aromatic nitrogens is 1. The van der Waals surface area contributed by atoms with Crippen LogP contribution in [0.1, 0.15) is 11.4 Å². The normalized spacial score (nSPS) is 12.8. The predicted molar refractivity (Wildman–Crippen MR) is 89.9 cm³/mol. The standard InChI is InChI=1S/C15H15FIN3/c1-10-7-8-11(2)20(10)15(18)9-14(17)19-13-6-4-3-5-12(13)16/h3-9H,18H2,1-2H3. The van der Waals surface area contributed by atoms with Gasteiger partial charge in [0, 0.05) is 17.5 Å². The molecule has 2 aromatic rings. The lowest BCUT2D eigenvalue weighted by molar-refractivity contribution is 0.630.